The standard InChI is InChI=1S/C9H13N3O4/c1-12-6-4(7(13)11-9(12)16)2-3-5(10-6)8(14)15/h4-6,10H,2-3H2,1H3,(H,14,15)(H,11,13,16). The van der Waals surface area contributed by atoms with Crippen molar-refractivity contribution in [2.24, 2.45) is 5.92 Å². The maximum atomic E-state index is 11.5. The van der Waals surface area contributed by atoms with E-state index in [1.807, 2.05) is 0 Å². The molecule has 0 spiro atoms. The van der Waals surface area contributed by atoms with Gasteiger partial charge in [0.1, 0.15) is 6.04 Å². The number of carboxylic acids is 1. The maximum Gasteiger partial charge on any atom is 0.325 e. The van der Waals surface area contributed by atoms with Gasteiger partial charge in [0, 0.05) is 7.05 Å². The third-order valence-electron chi connectivity index (χ3n) is 3.12. The lowest BCUT2D eigenvalue weighted by Crippen LogP contribution is -2.67. The SMILES string of the molecule is CN1C(=O)NC(=O)C2CCC(C(=O)O)NC21. The van der Waals surface area contributed by atoms with E-state index in [0.717, 1.165) is 0 Å². The lowest BCUT2D eigenvalue weighted by molar-refractivity contribution is -0.144. The topological polar surface area (TPSA) is 98.7 Å². The number of hydrogen-bond donors (Lipinski definition) is 3. The molecule has 2 fully saturated rings. The molecular weight excluding hydrogens is 214 g/mol. The van der Waals surface area contributed by atoms with Crippen LogP contribution < -0.4 is 10.6 Å². The van der Waals surface area contributed by atoms with E-state index in [9.17, 15) is 14.4 Å². The highest BCUT2D eigenvalue weighted by Crippen LogP contribution is 2.25. The maximum absolute atomic E-state index is 11.5. The van der Waals surface area contributed by atoms with Crippen LogP contribution in [0.25, 0.3) is 0 Å². The fourth-order valence-corrected chi connectivity index (χ4v) is 2.17. The summed E-state index contributed by atoms with van der Waals surface area (Å²) < 4.78 is 0. The van der Waals surface area contributed by atoms with Crippen molar-refractivity contribution >= 4 is 17.9 Å². The number of carboxylic acid groups (broad SMARTS) is 1. The second kappa shape index (κ2) is 3.75. The smallest absolute Gasteiger partial charge is 0.325 e. The Morgan fingerprint density at radius 1 is 1.44 bits per heavy atom. The van der Waals surface area contributed by atoms with E-state index in [0.29, 0.717) is 12.8 Å². The summed E-state index contributed by atoms with van der Waals surface area (Å²) in [6, 6.07) is -1.19. The molecule has 3 N–H and O–H groups in total. The summed E-state index contributed by atoms with van der Waals surface area (Å²) in [4.78, 5) is 35.0. The lowest BCUT2D eigenvalue weighted by Gasteiger charge is -2.43. The van der Waals surface area contributed by atoms with E-state index in [4.69, 9.17) is 5.11 Å². The van der Waals surface area contributed by atoms with Crippen LogP contribution in [0.3, 0.4) is 0 Å². The average Bonchev–Trinajstić information content (AvgIpc) is 2.25. The number of nitrogens with one attached hydrogen (secondary N) is 2. The first-order valence-corrected chi connectivity index (χ1v) is 5.07. The number of carbonyl (C=O) groups is 3. The van der Waals surface area contributed by atoms with E-state index < -0.39 is 24.2 Å². The van der Waals surface area contributed by atoms with Gasteiger partial charge in [0.2, 0.25) is 5.91 Å². The normalized spacial score (nSPS) is 34.3. The summed E-state index contributed by atoms with van der Waals surface area (Å²) >= 11 is 0. The number of urea groups is 1. The largest absolute Gasteiger partial charge is 0.480 e. The van der Waals surface area contributed by atoms with Gasteiger partial charge in [-0.05, 0) is 12.8 Å². The molecule has 3 amide bonds. The zero-order valence-corrected chi connectivity index (χ0v) is 8.77. The number of piperidine rings is 1. The molecule has 0 aromatic rings. The minimum absolute atomic E-state index is 0.329. The van der Waals surface area contributed by atoms with E-state index in [1.165, 1.54) is 11.9 Å². The summed E-state index contributed by atoms with van der Waals surface area (Å²) in [6.45, 7) is 0. The van der Waals surface area contributed by atoms with Crippen molar-refractivity contribution in [3.63, 3.8) is 0 Å². The molecule has 0 aromatic carbocycles. The van der Waals surface area contributed by atoms with Gasteiger partial charge in [-0.2, -0.15) is 0 Å². The Hall–Kier alpha value is -1.63. The van der Waals surface area contributed by atoms with Crippen LogP contribution >= 0.6 is 0 Å². The number of nitrogens with zero attached hydrogens (tertiary/aromatic N) is 1. The first-order chi connectivity index (χ1) is 7.50. The zero-order chi connectivity index (χ0) is 11.9. The van der Waals surface area contributed by atoms with Crippen molar-refractivity contribution in [3.8, 4) is 0 Å². The van der Waals surface area contributed by atoms with Crippen LogP contribution in [0.2, 0.25) is 0 Å². The molecule has 2 aliphatic heterocycles. The van der Waals surface area contributed by atoms with E-state index in [1.54, 1.807) is 0 Å². The molecule has 2 saturated heterocycles. The fourth-order valence-electron chi connectivity index (χ4n) is 2.17. The minimum Gasteiger partial charge on any atom is -0.480 e. The van der Waals surface area contributed by atoms with Gasteiger partial charge in [-0.15, -0.1) is 0 Å². The van der Waals surface area contributed by atoms with Crippen molar-refractivity contribution in [2.45, 2.75) is 25.0 Å². The second-order valence-electron chi connectivity index (χ2n) is 4.09. The monoisotopic (exact) mass is 227 g/mol. The summed E-state index contributed by atoms with van der Waals surface area (Å²) in [6.07, 6.45) is 0.348. The van der Waals surface area contributed by atoms with Crippen molar-refractivity contribution in [3.05, 3.63) is 0 Å². The lowest BCUT2D eigenvalue weighted by atomic mass is 9.89. The summed E-state index contributed by atoms with van der Waals surface area (Å²) in [5.41, 5.74) is 0. The molecule has 0 radical (unpaired) electrons. The van der Waals surface area contributed by atoms with Gasteiger partial charge in [-0.25, -0.2) is 4.79 Å². The second-order valence-corrected chi connectivity index (χ2v) is 4.09. The fraction of sp³-hybridized carbons (Fsp3) is 0.667. The molecule has 0 aliphatic carbocycles. The van der Waals surface area contributed by atoms with Gasteiger partial charge in [-0.3, -0.25) is 20.2 Å². The number of aliphatic carboxylic acids is 1. The molecule has 2 heterocycles. The highest BCUT2D eigenvalue weighted by molar-refractivity contribution is 5.98. The van der Waals surface area contributed by atoms with Crippen LogP contribution in [0, 0.1) is 5.92 Å². The highest BCUT2D eigenvalue weighted by atomic mass is 16.4. The molecule has 88 valence electrons. The van der Waals surface area contributed by atoms with Crippen LogP contribution in [-0.2, 0) is 9.59 Å². The molecule has 3 atom stereocenters. The van der Waals surface area contributed by atoms with Gasteiger partial charge in [0.05, 0.1) is 12.1 Å². The van der Waals surface area contributed by atoms with Crippen LogP contribution in [0.15, 0.2) is 0 Å². The molecule has 3 unspecified atom stereocenters. The number of imide groups is 1. The predicted octanol–water partition coefficient (Wildman–Crippen LogP) is -1.05. The first kappa shape index (κ1) is 10.9. The van der Waals surface area contributed by atoms with Crippen LogP contribution in [0.5, 0.6) is 0 Å². The van der Waals surface area contributed by atoms with Crippen LogP contribution in [0.4, 0.5) is 4.79 Å². The van der Waals surface area contributed by atoms with E-state index in [-0.39, 0.29) is 11.8 Å². The summed E-state index contributed by atoms with van der Waals surface area (Å²) in [5.74, 6) is -1.65. The molecule has 2 rings (SSSR count). The Labute approximate surface area is 91.8 Å². The first-order valence-electron chi connectivity index (χ1n) is 5.07. The minimum atomic E-state index is -0.953. The Morgan fingerprint density at radius 3 is 2.75 bits per heavy atom. The van der Waals surface area contributed by atoms with E-state index in [2.05, 4.69) is 10.6 Å². The number of carbonyl (C=O) groups excluding carboxylic acids is 2. The number of hydrogen-bond acceptors (Lipinski definition) is 4. The quantitative estimate of drug-likeness (QED) is 0.530. The van der Waals surface area contributed by atoms with Crippen LogP contribution in [-0.4, -0.2) is 47.2 Å². The third-order valence-corrected chi connectivity index (χ3v) is 3.12. The van der Waals surface area contributed by atoms with Crippen molar-refractivity contribution in [2.75, 3.05) is 7.05 Å². The summed E-state index contributed by atoms with van der Waals surface area (Å²) in [7, 11) is 1.54. The molecule has 7 heteroatoms. The number of rotatable bonds is 1. The predicted molar refractivity (Wildman–Crippen MR) is 52.4 cm³/mol. The molecule has 16 heavy (non-hydrogen) atoms. The molecule has 7 nitrogen and oxygen atoms in total. The van der Waals surface area contributed by atoms with Crippen molar-refractivity contribution in [1.82, 2.24) is 15.5 Å². The Kier molecular flexibility index (Phi) is 2.55. The van der Waals surface area contributed by atoms with E-state index >= 15 is 0 Å². The molecule has 0 saturated carbocycles. The van der Waals surface area contributed by atoms with Gasteiger partial charge < -0.3 is 10.0 Å². The van der Waals surface area contributed by atoms with Gasteiger partial charge in [0.15, 0.2) is 0 Å². The summed E-state index contributed by atoms with van der Waals surface area (Å²) in [5, 5.41) is 13.9. The number of amides is 3. The Bertz CT molecular complexity index is 357. The van der Waals surface area contributed by atoms with Gasteiger partial charge in [-0.1, -0.05) is 0 Å². The molecular formula is C9H13N3O4. The third kappa shape index (κ3) is 1.63. The van der Waals surface area contributed by atoms with Gasteiger partial charge >= 0.3 is 12.0 Å². The molecule has 0 aromatic heterocycles. The number of fused-ring (bicyclic) bond motifs is 1. The zero-order valence-electron chi connectivity index (χ0n) is 8.77. The van der Waals surface area contributed by atoms with Crippen molar-refractivity contribution < 1.29 is 19.5 Å². The van der Waals surface area contributed by atoms with Crippen LogP contribution in [0.1, 0.15) is 12.8 Å². The highest BCUT2D eigenvalue weighted by Gasteiger charge is 2.44. The average molecular weight is 227 g/mol. The van der Waals surface area contributed by atoms with Crippen molar-refractivity contribution in [1.29, 1.82) is 0 Å². The Balaban J connectivity index is 2.17. The molecule has 2 aliphatic rings. The van der Waals surface area contributed by atoms with Gasteiger partial charge in [0.25, 0.3) is 0 Å². The molecule has 0 bridgehead atoms. The Morgan fingerprint density at radius 2 is 2.12 bits per heavy atom.